The summed E-state index contributed by atoms with van der Waals surface area (Å²) < 4.78 is 106. The highest BCUT2D eigenvalue weighted by Crippen LogP contribution is 2.38. The number of carbonyl (C=O) groups excluding carboxylic acids is 2. The molecule has 75 heavy (non-hydrogen) atoms. The topological polar surface area (TPSA) is 222 Å². The van der Waals surface area contributed by atoms with E-state index in [-0.39, 0.29) is 76.2 Å². The number of amides is 2. The predicted molar refractivity (Wildman–Crippen MR) is 255 cm³/mol. The Labute approximate surface area is 420 Å². The first-order valence-electron chi connectivity index (χ1n) is 22.6. The molecule has 0 atom stereocenters. The first kappa shape index (κ1) is 51.1. The quantitative estimate of drug-likeness (QED) is 0.0798. The Morgan fingerprint density at radius 3 is 1.56 bits per heavy atom. The molecule has 1 saturated heterocycles. The van der Waals surface area contributed by atoms with Gasteiger partial charge in [-0.3, -0.25) is 9.59 Å². The molecule has 4 N–H and O–H groups in total. The number of aromatic nitrogens is 8. The van der Waals surface area contributed by atoms with Gasteiger partial charge in [0.05, 0.1) is 61.3 Å². The van der Waals surface area contributed by atoms with Crippen LogP contribution in [-0.4, -0.2) is 99.8 Å². The average molecular weight is 1030 g/mol. The van der Waals surface area contributed by atoms with Crippen LogP contribution in [0.4, 0.5) is 38.0 Å². The number of ether oxygens (including phenoxy) is 4. The van der Waals surface area contributed by atoms with Crippen LogP contribution in [0.15, 0.2) is 152 Å². The lowest BCUT2D eigenvalue weighted by atomic mass is 10.0. The highest BCUT2D eigenvalue weighted by atomic mass is 19.4. The van der Waals surface area contributed by atoms with E-state index in [1.807, 2.05) is 30.3 Å². The molecular weight excluding hydrogens is 995 g/mol. The number of rotatable bonds is 13. The number of nitrogens with one attached hydrogen (secondary N) is 2. The van der Waals surface area contributed by atoms with Crippen LogP contribution in [0.1, 0.15) is 44.0 Å². The van der Waals surface area contributed by atoms with Gasteiger partial charge >= 0.3 is 12.4 Å². The maximum Gasteiger partial charge on any atom is 0.417 e. The Bertz CT molecular complexity index is 3460. The molecule has 0 bridgehead atoms. The number of aliphatic hydroxyl groups excluding tert-OH is 2. The standard InChI is InChI=1S/C29H22F3N5O4.C22H18F3N5O4/c30-29(31,32)21-10-5-4-9-20(21)22-13-14-25-33-15-23(37(25)36-22)27(38)35-24-11-6-12-26(34-24)41-19-16-39-28(40-17-19)18-7-2-1-3-8-18;23-22(24,25)15-5-2-1-4-14(15)16-8-9-19-26-10-17(30(19)29-16)21(33)28-18-6-3-7-20(27-18)34-13(11-31)12-32/h1-15,19,28H,16-17H2,(H,34,35,38);1-10,13,31-32H,11-12H2,(H,27,28,33). The van der Waals surface area contributed by atoms with Gasteiger partial charge in [-0.1, -0.05) is 78.9 Å². The van der Waals surface area contributed by atoms with Gasteiger partial charge in [0, 0.05) is 28.8 Å². The van der Waals surface area contributed by atoms with E-state index in [9.17, 15) is 35.9 Å². The Morgan fingerprint density at radius 1 is 0.600 bits per heavy atom. The zero-order valence-corrected chi connectivity index (χ0v) is 38.7. The van der Waals surface area contributed by atoms with Crippen molar-refractivity contribution in [2.24, 2.45) is 0 Å². The zero-order chi connectivity index (χ0) is 52.7. The van der Waals surface area contributed by atoms with Gasteiger partial charge in [0.15, 0.2) is 29.0 Å². The van der Waals surface area contributed by atoms with E-state index in [0.29, 0.717) is 5.65 Å². The molecule has 0 spiro atoms. The number of nitrogens with zero attached hydrogens (tertiary/aromatic N) is 8. The molecule has 7 heterocycles. The molecule has 18 nitrogen and oxygen atoms in total. The number of pyridine rings is 2. The fraction of sp³-hybridized carbons (Fsp3) is 0.176. The fourth-order valence-electron chi connectivity index (χ4n) is 7.54. The predicted octanol–water partition coefficient (Wildman–Crippen LogP) is 8.35. The lowest BCUT2D eigenvalue weighted by molar-refractivity contribution is -0.216. The third kappa shape index (κ3) is 12.0. The summed E-state index contributed by atoms with van der Waals surface area (Å²) in [6.07, 6.45) is -8.38. The SMILES string of the molecule is O=C(Nc1cccc(OC(CO)CO)n1)c1cnc2ccc(-c3ccccc3C(F)(F)F)nn12.O=C(Nc1cccc(OC2COC(c3ccccc3)OC2)n1)c1cnc2ccc(-c3ccccc3C(F)(F)F)nn12. The van der Waals surface area contributed by atoms with Gasteiger partial charge in [-0.2, -0.15) is 46.5 Å². The van der Waals surface area contributed by atoms with Crippen LogP contribution < -0.4 is 20.1 Å². The van der Waals surface area contributed by atoms with Crippen LogP contribution in [0.25, 0.3) is 33.8 Å². The largest absolute Gasteiger partial charge is 0.469 e. The van der Waals surface area contributed by atoms with Crippen molar-refractivity contribution in [1.29, 1.82) is 0 Å². The lowest BCUT2D eigenvalue weighted by Gasteiger charge is -2.29. The van der Waals surface area contributed by atoms with Gasteiger partial charge in [-0.05, 0) is 48.5 Å². The minimum Gasteiger partial charge on any atom is -0.469 e. The number of hydrogen-bond donors (Lipinski definition) is 4. The molecule has 10 rings (SSSR count). The number of carbonyl (C=O) groups is 2. The molecule has 0 radical (unpaired) electrons. The Balaban J connectivity index is 0.000000187. The van der Waals surface area contributed by atoms with Crippen LogP contribution in [0.3, 0.4) is 0 Å². The van der Waals surface area contributed by atoms with Gasteiger partial charge in [0.2, 0.25) is 11.8 Å². The summed E-state index contributed by atoms with van der Waals surface area (Å²) in [5, 5.41) is 32.0. The summed E-state index contributed by atoms with van der Waals surface area (Å²) in [5.74, 6) is -0.655. The molecule has 3 aromatic carbocycles. The average Bonchev–Trinajstić information content (AvgIpc) is 4.06. The van der Waals surface area contributed by atoms with Gasteiger partial charge in [0.25, 0.3) is 11.8 Å². The number of anilines is 2. The Hall–Kier alpha value is -8.84. The molecule has 384 valence electrons. The third-order valence-electron chi connectivity index (χ3n) is 11.1. The number of benzene rings is 3. The molecule has 0 unspecified atom stereocenters. The van der Waals surface area contributed by atoms with Gasteiger partial charge in [0.1, 0.15) is 23.8 Å². The van der Waals surface area contributed by atoms with Crippen molar-refractivity contribution in [3.8, 4) is 34.3 Å². The van der Waals surface area contributed by atoms with Crippen LogP contribution in [0, 0.1) is 0 Å². The monoisotopic (exact) mass is 1030 g/mol. The number of fused-ring (bicyclic) bond motifs is 2. The lowest BCUT2D eigenvalue weighted by Crippen LogP contribution is -2.35. The van der Waals surface area contributed by atoms with Gasteiger partial charge < -0.3 is 39.8 Å². The number of hydrogen-bond acceptors (Lipinski definition) is 14. The summed E-state index contributed by atoms with van der Waals surface area (Å²) >= 11 is 0. The molecule has 1 aliphatic heterocycles. The number of imidazole rings is 2. The second kappa shape index (κ2) is 22.1. The van der Waals surface area contributed by atoms with Crippen LogP contribution in [-0.2, 0) is 21.8 Å². The van der Waals surface area contributed by atoms with Gasteiger partial charge in [-0.25, -0.2) is 19.0 Å². The first-order valence-corrected chi connectivity index (χ1v) is 22.6. The maximum atomic E-state index is 13.6. The number of aliphatic hydroxyl groups is 2. The molecule has 24 heteroatoms. The second-order valence-electron chi connectivity index (χ2n) is 16.2. The molecule has 0 aliphatic carbocycles. The van der Waals surface area contributed by atoms with Crippen LogP contribution in [0.5, 0.6) is 11.8 Å². The minimum absolute atomic E-state index is 0.0139. The van der Waals surface area contributed by atoms with E-state index in [0.717, 1.165) is 22.2 Å². The van der Waals surface area contributed by atoms with E-state index in [1.54, 1.807) is 24.3 Å². The van der Waals surface area contributed by atoms with Crippen molar-refractivity contribution in [3.05, 3.63) is 180 Å². The van der Waals surface area contributed by atoms with E-state index in [2.05, 4.69) is 40.8 Å². The fourth-order valence-corrected chi connectivity index (χ4v) is 7.54. The molecule has 1 fully saturated rings. The van der Waals surface area contributed by atoms with E-state index < -0.39 is 67.0 Å². The van der Waals surface area contributed by atoms with E-state index in [4.69, 9.17) is 29.2 Å². The Morgan fingerprint density at radius 2 is 1.07 bits per heavy atom. The maximum absolute atomic E-state index is 13.6. The van der Waals surface area contributed by atoms with Crippen molar-refractivity contribution < 1.29 is 65.1 Å². The summed E-state index contributed by atoms with van der Waals surface area (Å²) in [7, 11) is 0. The second-order valence-corrected chi connectivity index (χ2v) is 16.2. The molecule has 1 aliphatic rings. The number of alkyl halides is 6. The van der Waals surface area contributed by atoms with E-state index >= 15 is 0 Å². The summed E-state index contributed by atoms with van der Waals surface area (Å²) in [6, 6.07) is 34.9. The zero-order valence-electron chi connectivity index (χ0n) is 38.7. The Kier molecular flexibility index (Phi) is 15.1. The van der Waals surface area contributed by atoms with E-state index in [1.165, 1.54) is 89.7 Å². The van der Waals surface area contributed by atoms with Crippen LogP contribution in [0.2, 0.25) is 0 Å². The smallest absolute Gasteiger partial charge is 0.417 e. The highest BCUT2D eigenvalue weighted by molar-refractivity contribution is 6.03. The first-order chi connectivity index (χ1) is 36.1. The molecule has 6 aromatic heterocycles. The van der Waals surface area contributed by atoms with Crippen molar-refractivity contribution in [2.75, 3.05) is 37.1 Å². The van der Waals surface area contributed by atoms with Crippen LogP contribution >= 0.6 is 0 Å². The normalized spacial score (nSPS) is 14.8. The van der Waals surface area contributed by atoms with Crippen molar-refractivity contribution in [3.63, 3.8) is 0 Å². The molecule has 9 aromatic rings. The molecular formula is C51H40F6N10O8. The molecule has 2 amide bonds. The summed E-state index contributed by atoms with van der Waals surface area (Å²) in [4.78, 5) is 42.6. The molecule has 0 saturated carbocycles. The third-order valence-corrected chi connectivity index (χ3v) is 11.1. The van der Waals surface area contributed by atoms with Gasteiger partial charge in [-0.15, -0.1) is 0 Å². The minimum atomic E-state index is -4.58. The highest BCUT2D eigenvalue weighted by Gasteiger charge is 2.35. The summed E-state index contributed by atoms with van der Waals surface area (Å²) in [5.41, 5.74) is -0.425. The van der Waals surface area contributed by atoms with Crippen molar-refractivity contribution in [1.82, 2.24) is 39.2 Å². The van der Waals surface area contributed by atoms with Crippen molar-refractivity contribution in [2.45, 2.75) is 30.9 Å². The summed E-state index contributed by atoms with van der Waals surface area (Å²) in [6.45, 7) is -0.291. The number of halogens is 6. The van der Waals surface area contributed by atoms with Crippen molar-refractivity contribution >= 4 is 34.7 Å².